The average Bonchev–Trinajstić information content (AvgIpc) is 3.01. The lowest BCUT2D eigenvalue weighted by Gasteiger charge is -2.36. The van der Waals surface area contributed by atoms with Crippen LogP contribution < -0.4 is 5.32 Å². The van der Waals surface area contributed by atoms with E-state index in [9.17, 15) is 0 Å². The van der Waals surface area contributed by atoms with E-state index in [1.54, 1.807) is 0 Å². The Labute approximate surface area is 92.2 Å². The van der Waals surface area contributed by atoms with Crippen molar-refractivity contribution in [2.45, 2.75) is 56.9 Å². The molecule has 2 aliphatic heterocycles. The molecule has 1 aliphatic carbocycles. The van der Waals surface area contributed by atoms with Gasteiger partial charge in [0.2, 0.25) is 0 Å². The van der Waals surface area contributed by atoms with Gasteiger partial charge in [0, 0.05) is 31.7 Å². The third-order valence-electron chi connectivity index (χ3n) is 3.97. The summed E-state index contributed by atoms with van der Waals surface area (Å²) in [5.74, 6) is 0. The first-order chi connectivity index (χ1) is 7.31. The third-order valence-corrected chi connectivity index (χ3v) is 3.97. The van der Waals surface area contributed by atoms with Gasteiger partial charge in [0.05, 0.1) is 12.2 Å². The lowest BCUT2D eigenvalue weighted by Crippen LogP contribution is -2.50. The second kappa shape index (κ2) is 4.04. The number of nitrogens with one attached hydrogen (secondary N) is 1. The van der Waals surface area contributed by atoms with Crippen LogP contribution in [0.25, 0.3) is 0 Å². The van der Waals surface area contributed by atoms with Crippen LogP contribution >= 0.6 is 0 Å². The van der Waals surface area contributed by atoms with Crippen molar-refractivity contribution in [1.82, 2.24) is 10.2 Å². The van der Waals surface area contributed by atoms with E-state index in [-0.39, 0.29) is 0 Å². The van der Waals surface area contributed by atoms with Crippen LogP contribution in [0.3, 0.4) is 0 Å². The molecule has 15 heavy (non-hydrogen) atoms. The maximum Gasteiger partial charge on any atom is 0.0707 e. The molecule has 1 saturated carbocycles. The minimum atomic E-state index is 0.534. The monoisotopic (exact) mass is 210 g/mol. The molecule has 3 aliphatic rings. The van der Waals surface area contributed by atoms with Gasteiger partial charge in [-0.25, -0.2) is 0 Å². The normalized spacial score (nSPS) is 38.2. The first-order valence-corrected chi connectivity index (χ1v) is 6.44. The molecule has 0 spiro atoms. The van der Waals surface area contributed by atoms with Crippen LogP contribution in [0.5, 0.6) is 0 Å². The highest BCUT2D eigenvalue weighted by molar-refractivity contribution is 4.89. The lowest BCUT2D eigenvalue weighted by atomic mass is 10.2. The zero-order chi connectivity index (χ0) is 10.3. The third kappa shape index (κ3) is 2.35. The van der Waals surface area contributed by atoms with Gasteiger partial charge >= 0.3 is 0 Å². The summed E-state index contributed by atoms with van der Waals surface area (Å²) in [7, 11) is 0. The molecule has 2 saturated heterocycles. The Balaban J connectivity index is 1.48. The number of ether oxygens (including phenoxy) is 1. The summed E-state index contributed by atoms with van der Waals surface area (Å²) in [6, 6.07) is 1.52. The van der Waals surface area contributed by atoms with Crippen LogP contribution in [0.4, 0.5) is 0 Å². The largest absolute Gasteiger partial charge is 0.372 e. The number of likely N-dealkylation sites (tertiary alicyclic amines) is 1. The molecule has 0 aromatic carbocycles. The number of rotatable bonds is 4. The van der Waals surface area contributed by atoms with Gasteiger partial charge in [0.15, 0.2) is 0 Å². The van der Waals surface area contributed by atoms with Crippen LogP contribution in [-0.2, 0) is 4.74 Å². The van der Waals surface area contributed by atoms with Gasteiger partial charge in [-0.2, -0.15) is 0 Å². The van der Waals surface area contributed by atoms with Crippen LogP contribution in [0.15, 0.2) is 0 Å². The van der Waals surface area contributed by atoms with Crippen LogP contribution in [-0.4, -0.2) is 48.8 Å². The summed E-state index contributed by atoms with van der Waals surface area (Å²) in [5, 5.41) is 3.62. The molecule has 2 heterocycles. The van der Waals surface area contributed by atoms with Gasteiger partial charge in [0.25, 0.3) is 0 Å². The van der Waals surface area contributed by atoms with E-state index in [1.165, 1.54) is 25.7 Å². The molecule has 1 N–H and O–H groups in total. The summed E-state index contributed by atoms with van der Waals surface area (Å²) < 4.78 is 5.85. The Morgan fingerprint density at radius 1 is 1.20 bits per heavy atom. The summed E-state index contributed by atoms with van der Waals surface area (Å²) in [6.07, 6.45) is 6.41. The minimum Gasteiger partial charge on any atom is -0.372 e. The fourth-order valence-electron chi connectivity index (χ4n) is 2.76. The smallest absolute Gasteiger partial charge is 0.0707 e. The van der Waals surface area contributed by atoms with Crippen LogP contribution in [0.1, 0.15) is 32.6 Å². The van der Waals surface area contributed by atoms with Crippen molar-refractivity contribution < 1.29 is 4.74 Å². The van der Waals surface area contributed by atoms with E-state index in [0.717, 1.165) is 25.7 Å². The van der Waals surface area contributed by atoms with E-state index in [2.05, 4.69) is 17.1 Å². The molecule has 0 aromatic heterocycles. The molecule has 3 atom stereocenters. The number of hydrogen-bond acceptors (Lipinski definition) is 3. The number of fused-ring (bicyclic) bond motifs is 2. The van der Waals surface area contributed by atoms with Crippen molar-refractivity contribution >= 4 is 0 Å². The highest BCUT2D eigenvalue weighted by atomic mass is 16.5. The first-order valence-electron chi connectivity index (χ1n) is 6.44. The number of hydrogen-bond donors (Lipinski definition) is 1. The first kappa shape index (κ1) is 10.1. The fraction of sp³-hybridized carbons (Fsp3) is 1.00. The Morgan fingerprint density at radius 2 is 1.87 bits per heavy atom. The van der Waals surface area contributed by atoms with Gasteiger partial charge < -0.3 is 10.1 Å². The SMILES string of the molecule is CC(CNC1CC1)N1CC2CCC(C1)O2. The van der Waals surface area contributed by atoms with E-state index >= 15 is 0 Å². The second-order valence-corrected chi connectivity index (χ2v) is 5.44. The second-order valence-electron chi connectivity index (χ2n) is 5.44. The van der Waals surface area contributed by atoms with Crippen molar-refractivity contribution in [3.63, 3.8) is 0 Å². The van der Waals surface area contributed by atoms with Crippen molar-refractivity contribution in [3.05, 3.63) is 0 Å². The summed E-state index contributed by atoms with van der Waals surface area (Å²) in [5.41, 5.74) is 0. The lowest BCUT2D eigenvalue weighted by molar-refractivity contribution is -0.0500. The van der Waals surface area contributed by atoms with E-state index < -0.39 is 0 Å². The molecule has 0 aromatic rings. The standard InChI is InChI=1S/C12H22N2O/c1-9(6-13-10-2-3-10)14-7-11-4-5-12(8-14)15-11/h9-13H,2-8H2,1H3. The van der Waals surface area contributed by atoms with Gasteiger partial charge in [-0.3, -0.25) is 4.90 Å². The zero-order valence-electron chi connectivity index (χ0n) is 9.61. The van der Waals surface area contributed by atoms with Crippen molar-refractivity contribution in [3.8, 4) is 0 Å². The van der Waals surface area contributed by atoms with Crippen molar-refractivity contribution in [2.75, 3.05) is 19.6 Å². The molecule has 3 heteroatoms. The summed E-state index contributed by atoms with van der Waals surface area (Å²) in [4.78, 5) is 2.61. The number of morpholine rings is 1. The maximum absolute atomic E-state index is 5.85. The minimum absolute atomic E-state index is 0.534. The van der Waals surface area contributed by atoms with E-state index in [4.69, 9.17) is 4.74 Å². The molecule has 3 unspecified atom stereocenters. The molecule has 3 rings (SSSR count). The summed E-state index contributed by atoms with van der Waals surface area (Å²) >= 11 is 0. The van der Waals surface area contributed by atoms with Gasteiger partial charge in [-0.1, -0.05) is 0 Å². The fourth-order valence-corrected chi connectivity index (χ4v) is 2.76. The molecular formula is C12H22N2O. The summed E-state index contributed by atoms with van der Waals surface area (Å²) in [6.45, 7) is 5.82. The molecule has 2 bridgehead atoms. The quantitative estimate of drug-likeness (QED) is 0.749. The predicted molar refractivity (Wildman–Crippen MR) is 60.0 cm³/mol. The average molecular weight is 210 g/mol. The Bertz CT molecular complexity index is 218. The van der Waals surface area contributed by atoms with E-state index in [0.29, 0.717) is 18.2 Å². The highest BCUT2D eigenvalue weighted by Gasteiger charge is 2.35. The van der Waals surface area contributed by atoms with Crippen LogP contribution in [0, 0.1) is 0 Å². The van der Waals surface area contributed by atoms with Gasteiger partial charge in [0.1, 0.15) is 0 Å². The molecule has 0 amide bonds. The van der Waals surface area contributed by atoms with Gasteiger partial charge in [-0.15, -0.1) is 0 Å². The van der Waals surface area contributed by atoms with Gasteiger partial charge in [-0.05, 0) is 32.6 Å². The molecule has 86 valence electrons. The topological polar surface area (TPSA) is 24.5 Å². The van der Waals surface area contributed by atoms with E-state index in [1.807, 2.05) is 0 Å². The Kier molecular flexibility index (Phi) is 2.71. The highest BCUT2D eigenvalue weighted by Crippen LogP contribution is 2.27. The molecule has 3 fully saturated rings. The van der Waals surface area contributed by atoms with Crippen molar-refractivity contribution in [2.24, 2.45) is 0 Å². The maximum atomic E-state index is 5.85. The molecule has 3 nitrogen and oxygen atoms in total. The van der Waals surface area contributed by atoms with Crippen LogP contribution in [0.2, 0.25) is 0 Å². The van der Waals surface area contributed by atoms with Crippen molar-refractivity contribution in [1.29, 1.82) is 0 Å². The molecule has 0 radical (unpaired) electrons. The predicted octanol–water partition coefficient (Wildman–Crippen LogP) is 0.990. The molecular weight excluding hydrogens is 188 g/mol. The zero-order valence-corrected chi connectivity index (χ0v) is 9.61. The number of nitrogens with zero attached hydrogens (tertiary/aromatic N) is 1. The Hall–Kier alpha value is -0.120. The Morgan fingerprint density at radius 3 is 2.47 bits per heavy atom.